The molecule has 0 aliphatic rings. The lowest BCUT2D eigenvalue weighted by Crippen LogP contribution is -2.34. The molecular weight excluding hydrogens is 252 g/mol. The topological polar surface area (TPSA) is 41.6 Å². The van der Waals surface area contributed by atoms with Crippen LogP contribution in [-0.2, 0) is 11.3 Å². The van der Waals surface area contributed by atoms with Gasteiger partial charge >= 0.3 is 0 Å². The lowest BCUT2D eigenvalue weighted by atomic mass is 10.1. The molecule has 0 aliphatic heterocycles. The quantitative estimate of drug-likeness (QED) is 0.832. The van der Waals surface area contributed by atoms with Crippen molar-refractivity contribution < 1.29 is 9.53 Å². The Hall–Kier alpha value is -1.55. The summed E-state index contributed by atoms with van der Waals surface area (Å²) >= 11 is 0. The fourth-order valence-electron chi connectivity index (χ4n) is 2.21. The molecule has 4 heteroatoms. The van der Waals surface area contributed by atoms with E-state index in [2.05, 4.69) is 11.4 Å². The zero-order valence-corrected chi connectivity index (χ0v) is 13.2. The van der Waals surface area contributed by atoms with Gasteiger partial charge in [-0.15, -0.1) is 0 Å². The van der Waals surface area contributed by atoms with Gasteiger partial charge in [0.1, 0.15) is 5.75 Å². The second-order valence-corrected chi connectivity index (χ2v) is 5.23. The van der Waals surface area contributed by atoms with E-state index in [9.17, 15) is 4.79 Å². The van der Waals surface area contributed by atoms with Crippen LogP contribution in [0.5, 0.6) is 5.75 Å². The summed E-state index contributed by atoms with van der Waals surface area (Å²) in [5, 5.41) is 3.25. The fourth-order valence-corrected chi connectivity index (χ4v) is 2.21. The second kappa shape index (κ2) is 7.90. The Morgan fingerprint density at radius 1 is 1.45 bits per heavy atom. The molecule has 1 N–H and O–H groups in total. The van der Waals surface area contributed by atoms with E-state index < -0.39 is 0 Å². The van der Waals surface area contributed by atoms with Gasteiger partial charge in [0.05, 0.1) is 7.11 Å². The molecule has 1 aromatic rings. The van der Waals surface area contributed by atoms with Gasteiger partial charge in [-0.25, -0.2) is 0 Å². The number of carbonyl (C=O) groups is 1. The Labute approximate surface area is 122 Å². The molecule has 112 valence electrons. The van der Waals surface area contributed by atoms with Gasteiger partial charge in [-0.05, 0) is 26.5 Å². The summed E-state index contributed by atoms with van der Waals surface area (Å²) in [5.41, 5.74) is 2.21. The first-order valence-corrected chi connectivity index (χ1v) is 7.08. The van der Waals surface area contributed by atoms with Crippen LogP contribution in [0.25, 0.3) is 0 Å². The van der Waals surface area contributed by atoms with Crippen molar-refractivity contribution in [2.24, 2.45) is 0 Å². The molecule has 0 heterocycles. The molecular formula is C16H26N2O2. The monoisotopic (exact) mass is 278 g/mol. The summed E-state index contributed by atoms with van der Waals surface area (Å²) in [5.74, 6) is 0.969. The third-order valence-electron chi connectivity index (χ3n) is 3.30. The maximum atomic E-state index is 12.2. The van der Waals surface area contributed by atoms with Gasteiger partial charge in [-0.3, -0.25) is 4.79 Å². The number of nitrogens with one attached hydrogen (secondary N) is 1. The first kappa shape index (κ1) is 16.5. The highest BCUT2D eigenvalue weighted by atomic mass is 16.5. The number of aryl methyl sites for hydroxylation is 1. The van der Waals surface area contributed by atoms with Crippen molar-refractivity contribution in [2.75, 3.05) is 20.7 Å². The van der Waals surface area contributed by atoms with E-state index >= 15 is 0 Å². The predicted octanol–water partition coefficient (Wildman–Crippen LogP) is 2.35. The minimum atomic E-state index is 0.141. The number of hydrogen-bond acceptors (Lipinski definition) is 3. The lowest BCUT2D eigenvalue weighted by molar-refractivity contribution is -0.130. The van der Waals surface area contributed by atoms with E-state index in [-0.39, 0.29) is 11.9 Å². The maximum absolute atomic E-state index is 12.2. The van der Waals surface area contributed by atoms with Crippen molar-refractivity contribution in [1.82, 2.24) is 10.2 Å². The van der Waals surface area contributed by atoms with Crippen LogP contribution in [0.1, 0.15) is 31.4 Å². The van der Waals surface area contributed by atoms with Crippen molar-refractivity contribution in [2.45, 2.75) is 39.8 Å². The third kappa shape index (κ3) is 4.85. The number of methoxy groups -OCH3 is 1. The Morgan fingerprint density at radius 2 is 2.15 bits per heavy atom. The average Bonchev–Trinajstić information content (AvgIpc) is 2.39. The summed E-state index contributed by atoms with van der Waals surface area (Å²) in [4.78, 5) is 13.9. The third-order valence-corrected chi connectivity index (χ3v) is 3.30. The highest BCUT2D eigenvalue weighted by molar-refractivity contribution is 5.76. The molecule has 1 aromatic carbocycles. The molecule has 0 saturated heterocycles. The van der Waals surface area contributed by atoms with E-state index in [0.29, 0.717) is 13.0 Å². The van der Waals surface area contributed by atoms with E-state index in [1.807, 2.05) is 40.0 Å². The van der Waals surface area contributed by atoms with Crippen molar-refractivity contribution >= 4 is 5.91 Å². The van der Waals surface area contributed by atoms with Gasteiger partial charge in [-0.1, -0.05) is 24.6 Å². The number of benzene rings is 1. The first-order valence-electron chi connectivity index (χ1n) is 7.08. The first-order chi connectivity index (χ1) is 9.47. The van der Waals surface area contributed by atoms with E-state index in [1.165, 1.54) is 5.56 Å². The average molecular weight is 278 g/mol. The fraction of sp³-hybridized carbons (Fsp3) is 0.562. The Balaban J connectivity index is 2.67. The smallest absolute Gasteiger partial charge is 0.224 e. The van der Waals surface area contributed by atoms with Crippen molar-refractivity contribution in [1.29, 1.82) is 0 Å². The second-order valence-electron chi connectivity index (χ2n) is 5.23. The molecule has 0 radical (unpaired) electrons. The number of hydrogen-bond donors (Lipinski definition) is 1. The van der Waals surface area contributed by atoms with Crippen LogP contribution >= 0.6 is 0 Å². The summed E-state index contributed by atoms with van der Waals surface area (Å²) in [6.45, 7) is 7.56. The van der Waals surface area contributed by atoms with Gasteiger partial charge in [0.2, 0.25) is 5.91 Å². The molecule has 20 heavy (non-hydrogen) atoms. The number of ether oxygens (including phenoxy) is 1. The standard InChI is InChI=1S/C16H26N2O2/c1-6-17-13(3)10-16(19)18(4)11-14-9-12(2)7-8-15(14)20-5/h7-9,13,17H,6,10-11H2,1-5H3. The number of nitrogens with zero attached hydrogens (tertiary/aromatic N) is 1. The SMILES string of the molecule is CCNC(C)CC(=O)N(C)Cc1cc(C)ccc1OC. The van der Waals surface area contributed by atoms with Gasteiger partial charge in [-0.2, -0.15) is 0 Å². The summed E-state index contributed by atoms with van der Waals surface area (Å²) in [6.07, 6.45) is 0.512. The van der Waals surface area contributed by atoms with Crippen molar-refractivity contribution in [3.05, 3.63) is 29.3 Å². The molecule has 1 rings (SSSR count). The normalized spacial score (nSPS) is 12.1. The van der Waals surface area contributed by atoms with Crippen LogP contribution < -0.4 is 10.1 Å². The lowest BCUT2D eigenvalue weighted by Gasteiger charge is -2.21. The van der Waals surface area contributed by atoms with E-state index in [1.54, 1.807) is 12.0 Å². The molecule has 0 fully saturated rings. The van der Waals surface area contributed by atoms with Crippen LogP contribution in [0, 0.1) is 6.92 Å². The highest BCUT2D eigenvalue weighted by Gasteiger charge is 2.14. The van der Waals surface area contributed by atoms with Gasteiger partial charge < -0.3 is 15.0 Å². The summed E-state index contributed by atoms with van der Waals surface area (Å²) < 4.78 is 5.35. The largest absolute Gasteiger partial charge is 0.496 e. The number of amides is 1. The Morgan fingerprint density at radius 3 is 2.75 bits per heavy atom. The van der Waals surface area contributed by atoms with Gasteiger partial charge in [0, 0.05) is 31.6 Å². The van der Waals surface area contributed by atoms with Crippen LogP contribution in [0.3, 0.4) is 0 Å². The van der Waals surface area contributed by atoms with Gasteiger partial charge in [0.15, 0.2) is 0 Å². The van der Waals surface area contributed by atoms with Crippen molar-refractivity contribution in [3.63, 3.8) is 0 Å². The molecule has 0 bridgehead atoms. The molecule has 1 amide bonds. The van der Waals surface area contributed by atoms with E-state index in [0.717, 1.165) is 17.9 Å². The zero-order valence-electron chi connectivity index (χ0n) is 13.2. The molecule has 0 aromatic heterocycles. The number of rotatable bonds is 7. The summed E-state index contributed by atoms with van der Waals surface area (Å²) in [6, 6.07) is 6.23. The minimum absolute atomic E-state index is 0.141. The Bertz CT molecular complexity index is 446. The van der Waals surface area contributed by atoms with Crippen LogP contribution in [0.4, 0.5) is 0 Å². The van der Waals surface area contributed by atoms with Crippen LogP contribution in [-0.4, -0.2) is 37.6 Å². The van der Waals surface area contributed by atoms with Crippen LogP contribution in [0.15, 0.2) is 18.2 Å². The van der Waals surface area contributed by atoms with E-state index in [4.69, 9.17) is 4.74 Å². The summed E-state index contributed by atoms with van der Waals surface area (Å²) in [7, 11) is 3.49. The molecule has 0 aliphatic carbocycles. The zero-order chi connectivity index (χ0) is 15.1. The van der Waals surface area contributed by atoms with Gasteiger partial charge in [0.25, 0.3) is 0 Å². The van der Waals surface area contributed by atoms with Crippen LogP contribution in [0.2, 0.25) is 0 Å². The molecule has 1 unspecified atom stereocenters. The Kier molecular flexibility index (Phi) is 6.52. The molecule has 4 nitrogen and oxygen atoms in total. The van der Waals surface area contributed by atoms with Crippen molar-refractivity contribution in [3.8, 4) is 5.75 Å². The molecule has 0 saturated carbocycles. The molecule has 0 spiro atoms. The molecule has 1 atom stereocenters. The maximum Gasteiger partial charge on any atom is 0.224 e. The minimum Gasteiger partial charge on any atom is -0.496 e. The predicted molar refractivity (Wildman–Crippen MR) is 82.0 cm³/mol. The highest BCUT2D eigenvalue weighted by Crippen LogP contribution is 2.21. The number of carbonyl (C=O) groups excluding carboxylic acids is 1.